The molecule has 2 rings (SSSR count). The van der Waals surface area contributed by atoms with Crippen LogP contribution in [0.5, 0.6) is 0 Å². The first-order valence-corrected chi connectivity index (χ1v) is 6.36. The maximum absolute atomic E-state index is 10.5. The number of thiazole rings is 1. The molecule has 2 heterocycles. The highest BCUT2D eigenvalue weighted by Gasteiger charge is 2.25. The number of rotatable bonds is 3. The summed E-state index contributed by atoms with van der Waals surface area (Å²) in [4.78, 5) is 9.71. The minimum absolute atomic E-state index is 0.526. The molecule has 2 aromatic rings. The number of hydrogen-bond acceptors (Lipinski definition) is 4. The molecule has 4 heteroatoms. The summed E-state index contributed by atoms with van der Waals surface area (Å²) >= 11 is 1.64. The van der Waals surface area contributed by atoms with Crippen LogP contribution in [0.25, 0.3) is 0 Å². The Kier molecular flexibility index (Phi) is 3.26. The van der Waals surface area contributed by atoms with Gasteiger partial charge >= 0.3 is 0 Å². The lowest BCUT2D eigenvalue weighted by molar-refractivity contribution is 0.0572. The van der Waals surface area contributed by atoms with Gasteiger partial charge < -0.3 is 5.11 Å². The van der Waals surface area contributed by atoms with Gasteiger partial charge in [-0.2, -0.15) is 0 Å². The van der Waals surface area contributed by atoms with Crippen molar-refractivity contribution in [2.24, 2.45) is 0 Å². The van der Waals surface area contributed by atoms with Crippen molar-refractivity contribution in [3.05, 3.63) is 45.7 Å². The van der Waals surface area contributed by atoms with Crippen molar-refractivity contribution in [3.63, 3.8) is 0 Å². The van der Waals surface area contributed by atoms with Gasteiger partial charge in [-0.15, -0.1) is 11.3 Å². The molecule has 90 valence electrons. The smallest absolute Gasteiger partial charge is 0.0962 e. The SMILES string of the molecule is Cc1nc(CC(C)(O)c2cccnc2)sc1C. The number of aliphatic hydroxyl groups is 1. The van der Waals surface area contributed by atoms with Crippen LogP contribution >= 0.6 is 11.3 Å². The Morgan fingerprint density at radius 3 is 2.71 bits per heavy atom. The summed E-state index contributed by atoms with van der Waals surface area (Å²) in [5.74, 6) is 0. The fourth-order valence-electron chi connectivity index (χ4n) is 1.69. The highest BCUT2D eigenvalue weighted by Crippen LogP contribution is 2.27. The number of aromatic nitrogens is 2. The minimum Gasteiger partial charge on any atom is -0.385 e. The van der Waals surface area contributed by atoms with Gasteiger partial charge in [0.2, 0.25) is 0 Å². The van der Waals surface area contributed by atoms with E-state index in [0.29, 0.717) is 6.42 Å². The molecule has 0 bridgehead atoms. The number of pyridine rings is 1. The van der Waals surface area contributed by atoms with Gasteiger partial charge in [0.05, 0.1) is 16.3 Å². The van der Waals surface area contributed by atoms with Gasteiger partial charge in [0.1, 0.15) is 0 Å². The minimum atomic E-state index is -0.912. The molecule has 0 aromatic carbocycles. The van der Waals surface area contributed by atoms with Crippen LogP contribution in [0.15, 0.2) is 24.5 Å². The molecule has 0 fully saturated rings. The Morgan fingerprint density at radius 2 is 2.18 bits per heavy atom. The van der Waals surface area contributed by atoms with Crippen LogP contribution in [0, 0.1) is 13.8 Å². The summed E-state index contributed by atoms with van der Waals surface area (Å²) < 4.78 is 0. The molecule has 0 amide bonds. The van der Waals surface area contributed by atoms with Gasteiger partial charge in [0.25, 0.3) is 0 Å². The van der Waals surface area contributed by atoms with Crippen LogP contribution in [0.4, 0.5) is 0 Å². The number of hydrogen-bond donors (Lipinski definition) is 1. The predicted molar refractivity (Wildman–Crippen MR) is 69.1 cm³/mol. The molecule has 0 aliphatic carbocycles. The summed E-state index contributed by atoms with van der Waals surface area (Å²) in [5.41, 5.74) is 0.961. The zero-order chi connectivity index (χ0) is 12.5. The molecule has 1 atom stereocenters. The second-order valence-corrected chi connectivity index (χ2v) is 5.73. The summed E-state index contributed by atoms with van der Waals surface area (Å²) in [6, 6.07) is 3.72. The molecule has 2 aromatic heterocycles. The Labute approximate surface area is 105 Å². The first-order valence-electron chi connectivity index (χ1n) is 5.55. The Morgan fingerprint density at radius 1 is 1.41 bits per heavy atom. The van der Waals surface area contributed by atoms with E-state index in [1.54, 1.807) is 30.7 Å². The zero-order valence-corrected chi connectivity index (χ0v) is 11.1. The molecule has 3 nitrogen and oxygen atoms in total. The Hall–Kier alpha value is -1.26. The third kappa shape index (κ3) is 2.70. The molecule has 0 saturated carbocycles. The van der Waals surface area contributed by atoms with Crippen molar-refractivity contribution in [2.75, 3.05) is 0 Å². The predicted octanol–water partition coefficient (Wildman–Crippen LogP) is 2.61. The van der Waals surface area contributed by atoms with Gasteiger partial charge in [-0.1, -0.05) is 6.07 Å². The van der Waals surface area contributed by atoms with E-state index in [9.17, 15) is 5.11 Å². The highest BCUT2D eigenvalue weighted by molar-refractivity contribution is 7.11. The summed E-state index contributed by atoms with van der Waals surface area (Å²) in [5, 5.41) is 11.4. The average molecular weight is 248 g/mol. The standard InChI is InChI=1S/C13H16N2OS/c1-9-10(2)17-12(15-9)7-13(3,16)11-5-4-6-14-8-11/h4-6,8,16H,7H2,1-3H3. The lowest BCUT2D eigenvalue weighted by Gasteiger charge is -2.22. The van der Waals surface area contributed by atoms with E-state index < -0.39 is 5.60 Å². The fraction of sp³-hybridized carbons (Fsp3) is 0.385. The Balaban J connectivity index is 2.23. The maximum Gasteiger partial charge on any atom is 0.0962 e. The second-order valence-electron chi connectivity index (χ2n) is 4.44. The van der Waals surface area contributed by atoms with E-state index >= 15 is 0 Å². The summed E-state index contributed by atoms with van der Waals surface area (Å²) in [6.45, 7) is 5.85. The molecule has 0 radical (unpaired) electrons. The normalized spacial score (nSPS) is 14.6. The number of nitrogens with zero attached hydrogens (tertiary/aromatic N) is 2. The maximum atomic E-state index is 10.5. The van der Waals surface area contributed by atoms with E-state index in [4.69, 9.17) is 0 Å². The first kappa shape index (κ1) is 12.2. The van der Waals surface area contributed by atoms with Crippen molar-refractivity contribution in [1.29, 1.82) is 0 Å². The zero-order valence-electron chi connectivity index (χ0n) is 10.3. The van der Waals surface area contributed by atoms with Crippen molar-refractivity contribution in [1.82, 2.24) is 9.97 Å². The molecule has 0 aliphatic heterocycles. The molecule has 17 heavy (non-hydrogen) atoms. The van der Waals surface area contributed by atoms with Gasteiger partial charge in [-0.3, -0.25) is 4.98 Å². The van der Waals surface area contributed by atoms with Gasteiger partial charge in [0.15, 0.2) is 0 Å². The van der Waals surface area contributed by atoms with E-state index in [1.807, 2.05) is 19.1 Å². The topological polar surface area (TPSA) is 46.0 Å². The lowest BCUT2D eigenvalue weighted by Crippen LogP contribution is -2.24. The Bertz CT molecular complexity index is 486. The summed E-state index contributed by atoms with van der Waals surface area (Å²) in [6.07, 6.45) is 3.93. The van der Waals surface area contributed by atoms with E-state index in [0.717, 1.165) is 16.3 Å². The van der Waals surface area contributed by atoms with Crippen molar-refractivity contribution >= 4 is 11.3 Å². The van der Waals surface area contributed by atoms with Crippen molar-refractivity contribution in [2.45, 2.75) is 32.8 Å². The molecule has 0 aliphatic rings. The van der Waals surface area contributed by atoms with Crippen molar-refractivity contribution < 1.29 is 5.11 Å². The van der Waals surface area contributed by atoms with E-state index in [-0.39, 0.29) is 0 Å². The summed E-state index contributed by atoms with van der Waals surface area (Å²) in [7, 11) is 0. The number of aryl methyl sites for hydroxylation is 2. The van der Waals surface area contributed by atoms with Crippen LogP contribution in [0.3, 0.4) is 0 Å². The van der Waals surface area contributed by atoms with Gasteiger partial charge in [-0.05, 0) is 26.8 Å². The van der Waals surface area contributed by atoms with Crippen LogP contribution < -0.4 is 0 Å². The largest absolute Gasteiger partial charge is 0.385 e. The van der Waals surface area contributed by atoms with Gasteiger partial charge in [0, 0.05) is 29.3 Å². The quantitative estimate of drug-likeness (QED) is 0.908. The van der Waals surface area contributed by atoms with Crippen molar-refractivity contribution in [3.8, 4) is 0 Å². The highest BCUT2D eigenvalue weighted by atomic mass is 32.1. The van der Waals surface area contributed by atoms with Crippen LogP contribution in [-0.4, -0.2) is 15.1 Å². The van der Waals surface area contributed by atoms with E-state index in [2.05, 4.69) is 16.9 Å². The lowest BCUT2D eigenvalue weighted by atomic mass is 9.94. The average Bonchev–Trinajstić information content (AvgIpc) is 2.58. The third-order valence-corrected chi connectivity index (χ3v) is 3.92. The second kappa shape index (κ2) is 4.55. The van der Waals surface area contributed by atoms with Gasteiger partial charge in [-0.25, -0.2) is 4.98 Å². The third-order valence-electron chi connectivity index (χ3n) is 2.85. The molecule has 0 saturated heterocycles. The molecule has 1 unspecified atom stereocenters. The van der Waals surface area contributed by atoms with E-state index in [1.165, 1.54) is 4.88 Å². The molecular weight excluding hydrogens is 232 g/mol. The molecule has 0 spiro atoms. The van der Waals surface area contributed by atoms with Crippen LogP contribution in [-0.2, 0) is 12.0 Å². The fourth-order valence-corrected chi connectivity index (χ4v) is 2.78. The molecular formula is C13H16N2OS. The van der Waals surface area contributed by atoms with Crippen LogP contribution in [0.1, 0.15) is 28.1 Å². The van der Waals surface area contributed by atoms with Crippen LogP contribution in [0.2, 0.25) is 0 Å². The monoisotopic (exact) mass is 248 g/mol. The molecule has 1 N–H and O–H groups in total. The first-order chi connectivity index (χ1) is 7.99.